The molecule has 0 spiro atoms. The number of hydrogen-bond donors (Lipinski definition) is 2. The van der Waals surface area contributed by atoms with Gasteiger partial charge in [-0.25, -0.2) is 4.79 Å². The number of carboxylic acid groups (broad SMARTS) is 1. The smallest absolute Gasteiger partial charge is 0.407 e. The third-order valence-corrected chi connectivity index (χ3v) is 2.29. The zero-order valence-corrected chi connectivity index (χ0v) is 11.1. The Balaban J connectivity index is 3.79. The van der Waals surface area contributed by atoms with Crippen LogP contribution in [0, 0.1) is 0 Å². The van der Waals surface area contributed by atoms with E-state index in [4.69, 9.17) is 14.6 Å². The highest BCUT2D eigenvalue weighted by molar-refractivity contribution is 5.67. The van der Waals surface area contributed by atoms with Gasteiger partial charge in [-0.05, 0) is 19.8 Å². The Morgan fingerprint density at radius 2 is 2.06 bits per heavy atom. The number of amides is 1. The molecule has 6 nitrogen and oxygen atoms in total. The third kappa shape index (κ3) is 9.89. The van der Waals surface area contributed by atoms with Crippen molar-refractivity contribution in [1.29, 1.82) is 0 Å². The molecular formula is C12H23NO5. The lowest BCUT2D eigenvalue weighted by atomic mass is 10.2. The normalized spacial score (nSPS) is 11.9. The molecule has 0 aliphatic heterocycles. The number of unbranched alkanes of at least 4 members (excludes halogenated alkanes) is 1. The van der Waals surface area contributed by atoms with Gasteiger partial charge in [0.05, 0.1) is 12.7 Å². The summed E-state index contributed by atoms with van der Waals surface area (Å²) in [5, 5.41) is 11.2. The van der Waals surface area contributed by atoms with Crippen LogP contribution >= 0.6 is 0 Å². The average molecular weight is 261 g/mol. The fourth-order valence-corrected chi connectivity index (χ4v) is 1.32. The number of carbonyl (C=O) groups is 2. The molecule has 0 rings (SSSR count). The number of nitrogens with one attached hydrogen (secondary N) is 1. The number of carbonyl (C=O) groups excluding carboxylic acids is 1. The highest BCUT2D eigenvalue weighted by Gasteiger charge is 2.12. The Hall–Kier alpha value is -1.30. The van der Waals surface area contributed by atoms with Crippen molar-refractivity contribution in [3.63, 3.8) is 0 Å². The Bertz CT molecular complexity index is 245. The van der Waals surface area contributed by atoms with E-state index in [0.29, 0.717) is 19.6 Å². The zero-order chi connectivity index (χ0) is 13.8. The molecule has 0 aliphatic carbocycles. The molecule has 2 N–H and O–H groups in total. The first-order valence-corrected chi connectivity index (χ1v) is 6.34. The van der Waals surface area contributed by atoms with Crippen LogP contribution in [0.2, 0.25) is 0 Å². The summed E-state index contributed by atoms with van der Waals surface area (Å²) in [7, 11) is 0. The second kappa shape index (κ2) is 10.8. The molecule has 18 heavy (non-hydrogen) atoms. The summed E-state index contributed by atoms with van der Waals surface area (Å²) in [4.78, 5) is 21.7. The number of aliphatic carboxylic acids is 1. The SMILES string of the molecule is CCCCOC(=O)NCC(CCC(=O)O)OCC. The number of ether oxygens (including phenoxy) is 2. The van der Waals surface area contributed by atoms with E-state index in [-0.39, 0.29) is 19.1 Å². The molecule has 0 aromatic carbocycles. The van der Waals surface area contributed by atoms with Crippen LogP contribution in [0.5, 0.6) is 0 Å². The molecule has 0 fully saturated rings. The van der Waals surface area contributed by atoms with Gasteiger partial charge in [0.15, 0.2) is 0 Å². The minimum atomic E-state index is -0.870. The van der Waals surface area contributed by atoms with Crippen LogP contribution in [0.15, 0.2) is 0 Å². The average Bonchev–Trinajstić information content (AvgIpc) is 2.33. The number of hydrogen-bond acceptors (Lipinski definition) is 4. The molecule has 1 amide bonds. The molecule has 0 aliphatic rings. The number of alkyl carbamates (subject to hydrolysis) is 1. The summed E-state index contributed by atoms with van der Waals surface area (Å²) < 4.78 is 10.2. The van der Waals surface area contributed by atoms with Gasteiger partial charge in [0.25, 0.3) is 0 Å². The molecule has 6 heteroatoms. The second-order valence-electron chi connectivity index (χ2n) is 3.88. The van der Waals surface area contributed by atoms with Crippen molar-refractivity contribution in [3.05, 3.63) is 0 Å². The molecule has 0 bridgehead atoms. The van der Waals surface area contributed by atoms with Gasteiger partial charge in [0, 0.05) is 19.6 Å². The van der Waals surface area contributed by atoms with Gasteiger partial charge >= 0.3 is 12.1 Å². The Labute approximate surface area is 108 Å². The quantitative estimate of drug-likeness (QED) is 0.585. The van der Waals surface area contributed by atoms with Crippen LogP contribution in [0.25, 0.3) is 0 Å². The van der Waals surface area contributed by atoms with E-state index in [1.165, 1.54) is 0 Å². The van der Waals surface area contributed by atoms with Gasteiger partial charge in [-0.3, -0.25) is 4.79 Å². The topological polar surface area (TPSA) is 84.9 Å². The first kappa shape index (κ1) is 16.7. The monoisotopic (exact) mass is 261 g/mol. The van der Waals surface area contributed by atoms with E-state index in [9.17, 15) is 9.59 Å². The maximum absolute atomic E-state index is 11.3. The summed E-state index contributed by atoms with van der Waals surface area (Å²) in [6, 6.07) is 0. The fourth-order valence-electron chi connectivity index (χ4n) is 1.32. The highest BCUT2D eigenvalue weighted by atomic mass is 16.5. The predicted octanol–water partition coefficient (Wildman–Crippen LogP) is 1.78. The first-order chi connectivity index (χ1) is 8.60. The van der Waals surface area contributed by atoms with Crippen LogP contribution in [-0.4, -0.2) is 43.0 Å². The van der Waals surface area contributed by atoms with E-state index in [2.05, 4.69) is 5.32 Å². The largest absolute Gasteiger partial charge is 0.481 e. The van der Waals surface area contributed by atoms with Gasteiger partial charge in [-0.1, -0.05) is 13.3 Å². The molecular weight excluding hydrogens is 238 g/mol. The summed E-state index contributed by atoms with van der Waals surface area (Å²) >= 11 is 0. The molecule has 106 valence electrons. The standard InChI is InChI=1S/C12H23NO5/c1-3-5-8-18-12(16)13-9-10(17-4-2)6-7-11(14)15/h10H,3-9H2,1-2H3,(H,13,16)(H,14,15). The van der Waals surface area contributed by atoms with Crippen LogP contribution in [-0.2, 0) is 14.3 Å². The zero-order valence-electron chi connectivity index (χ0n) is 11.1. The molecule has 0 aromatic heterocycles. The third-order valence-electron chi connectivity index (χ3n) is 2.29. The summed E-state index contributed by atoms with van der Waals surface area (Å²) in [5.74, 6) is -0.870. The molecule has 0 saturated heterocycles. The minimum Gasteiger partial charge on any atom is -0.481 e. The lowest BCUT2D eigenvalue weighted by molar-refractivity contribution is -0.137. The summed E-state index contributed by atoms with van der Waals surface area (Å²) in [5.41, 5.74) is 0. The van der Waals surface area contributed by atoms with E-state index >= 15 is 0 Å². The van der Waals surface area contributed by atoms with Gasteiger partial charge in [-0.15, -0.1) is 0 Å². The van der Waals surface area contributed by atoms with Crippen molar-refractivity contribution < 1.29 is 24.2 Å². The van der Waals surface area contributed by atoms with Crippen molar-refractivity contribution in [1.82, 2.24) is 5.32 Å². The van der Waals surface area contributed by atoms with E-state index in [0.717, 1.165) is 12.8 Å². The van der Waals surface area contributed by atoms with Crippen LogP contribution in [0.4, 0.5) is 4.79 Å². The molecule has 0 radical (unpaired) electrons. The van der Waals surface area contributed by atoms with Crippen molar-refractivity contribution in [2.45, 2.75) is 45.6 Å². The fraction of sp³-hybridized carbons (Fsp3) is 0.833. The van der Waals surface area contributed by atoms with E-state index in [1.807, 2.05) is 13.8 Å². The highest BCUT2D eigenvalue weighted by Crippen LogP contribution is 2.02. The number of rotatable bonds is 10. The molecule has 1 atom stereocenters. The van der Waals surface area contributed by atoms with E-state index < -0.39 is 12.1 Å². The predicted molar refractivity (Wildman–Crippen MR) is 66.5 cm³/mol. The molecule has 0 saturated carbocycles. The molecule has 1 unspecified atom stereocenters. The van der Waals surface area contributed by atoms with Gasteiger partial charge in [-0.2, -0.15) is 0 Å². The minimum absolute atomic E-state index is 0.0250. The first-order valence-electron chi connectivity index (χ1n) is 6.34. The van der Waals surface area contributed by atoms with Crippen molar-refractivity contribution in [2.24, 2.45) is 0 Å². The van der Waals surface area contributed by atoms with Crippen LogP contribution in [0.3, 0.4) is 0 Å². The maximum Gasteiger partial charge on any atom is 0.407 e. The summed E-state index contributed by atoms with van der Waals surface area (Å²) in [6.07, 6.45) is 1.43. The second-order valence-corrected chi connectivity index (χ2v) is 3.88. The molecule has 0 aromatic rings. The van der Waals surface area contributed by atoms with Crippen LogP contribution < -0.4 is 5.32 Å². The van der Waals surface area contributed by atoms with E-state index in [1.54, 1.807) is 0 Å². The molecule has 0 heterocycles. The lowest BCUT2D eigenvalue weighted by Crippen LogP contribution is -2.34. The van der Waals surface area contributed by atoms with Gasteiger partial charge in [0.2, 0.25) is 0 Å². The lowest BCUT2D eigenvalue weighted by Gasteiger charge is -2.16. The maximum atomic E-state index is 11.3. The van der Waals surface area contributed by atoms with Crippen molar-refractivity contribution >= 4 is 12.1 Å². The summed E-state index contributed by atoms with van der Waals surface area (Å²) in [6.45, 7) is 4.99. The van der Waals surface area contributed by atoms with Crippen molar-refractivity contribution in [3.8, 4) is 0 Å². The van der Waals surface area contributed by atoms with Crippen LogP contribution in [0.1, 0.15) is 39.5 Å². The van der Waals surface area contributed by atoms with Gasteiger partial charge < -0.3 is 19.9 Å². The number of carboxylic acids is 1. The van der Waals surface area contributed by atoms with Gasteiger partial charge in [0.1, 0.15) is 0 Å². The Morgan fingerprint density at radius 1 is 1.33 bits per heavy atom. The Kier molecular flexibility index (Phi) is 10.0. The Morgan fingerprint density at radius 3 is 2.61 bits per heavy atom. The van der Waals surface area contributed by atoms with Crippen molar-refractivity contribution in [2.75, 3.05) is 19.8 Å².